The zero-order valence-electron chi connectivity index (χ0n) is 12.6. The molecule has 1 rings (SSSR count). The summed E-state index contributed by atoms with van der Waals surface area (Å²) in [7, 11) is 1.69. The van der Waals surface area contributed by atoms with E-state index in [0.717, 1.165) is 13.0 Å². The van der Waals surface area contributed by atoms with E-state index in [1.807, 2.05) is 18.2 Å². The van der Waals surface area contributed by atoms with Crippen LogP contribution in [0.25, 0.3) is 0 Å². The Labute approximate surface area is 121 Å². The monoisotopic (exact) mass is 279 g/mol. The molecule has 0 saturated carbocycles. The maximum absolute atomic E-state index is 11.1. The van der Waals surface area contributed by atoms with Crippen molar-refractivity contribution < 1.29 is 14.6 Å². The zero-order chi connectivity index (χ0) is 15.0. The Balaban J connectivity index is 2.72. The molecule has 1 aromatic rings. The van der Waals surface area contributed by atoms with Gasteiger partial charge in [-0.3, -0.25) is 9.69 Å². The van der Waals surface area contributed by atoms with Crippen LogP contribution in [0.4, 0.5) is 0 Å². The van der Waals surface area contributed by atoms with Crippen LogP contribution in [-0.4, -0.2) is 42.8 Å². The van der Waals surface area contributed by atoms with Gasteiger partial charge in [-0.1, -0.05) is 37.3 Å². The second-order valence-electron chi connectivity index (χ2n) is 5.17. The van der Waals surface area contributed by atoms with E-state index in [9.17, 15) is 4.79 Å². The molecule has 0 aliphatic heterocycles. The predicted molar refractivity (Wildman–Crippen MR) is 79.7 cm³/mol. The second-order valence-corrected chi connectivity index (χ2v) is 5.17. The van der Waals surface area contributed by atoms with E-state index in [2.05, 4.69) is 24.0 Å². The summed E-state index contributed by atoms with van der Waals surface area (Å²) >= 11 is 0. The maximum Gasteiger partial charge on any atom is 0.307 e. The van der Waals surface area contributed by atoms with Crippen LogP contribution in [-0.2, 0) is 9.53 Å². The van der Waals surface area contributed by atoms with Crippen LogP contribution in [0.3, 0.4) is 0 Å². The smallest absolute Gasteiger partial charge is 0.307 e. The van der Waals surface area contributed by atoms with Crippen LogP contribution < -0.4 is 0 Å². The summed E-state index contributed by atoms with van der Waals surface area (Å²) in [4.78, 5) is 13.3. The highest BCUT2D eigenvalue weighted by Crippen LogP contribution is 2.21. The van der Waals surface area contributed by atoms with Gasteiger partial charge in [-0.15, -0.1) is 0 Å². The molecule has 20 heavy (non-hydrogen) atoms. The lowest BCUT2D eigenvalue weighted by Gasteiger charge is -2.30. The van der Waals surface area contributed by atoms with Crippen LogP contribution in [0.15, 0.2) is 30.3 Å². The maximum atomic E-state index is 11.1. The minimum absolute atomic E-state index is 0.204. The third-order valence-corrected chi connectivity index (χ3v) is 3.55. The van der Waals surface area contributed by atoms with Crippen LogP contribution in [0, 0.1) is 5.92 Å². The Kier molecular flexibility index (Phi) is 7.26. The summed E-state index contributed by atoms with van der Waals surface area (Å²) in [6.07, 6.45) is 0.903. The van der Waals surface area contributed by atoms with E-state index >= 15 is 0 Å². The third kappa shape index (κ3) is 5.31. The average Bonchev–Trinajstić information content (AvgIpc) is 2.46. The minimum atomic E-state index is -0.748. The van der Waals surface area contributed by atoms with Gasteiger partial charge in [0, 0.05) is 32.8 Å². The standard InChI is InChI=1S/C16H25NO3/c1-13(16(18)19)12-17(10-7-11-20-3)14(2)15-8-5-4-6-9-15/h4-6,8-9,13-14H,7,10-12H2,1-3H3,(H,18,19). The first-order chi connectivity index (χ1) is 9.56. The van der Waals surface area contributed by atoms with Crippen LogP contribution in [0.5, 0.6) is 0 Å². The number of rotatable bonds is 9. The number of hydrogen-bond acceptors (Lipinski definition) is 3. The predicted octanol–water partition coefficient (Wildman–Crippen LogP) is 2.81. The van der Waals surface area contributed by atoms with E-state index in [0.29, 0.717) is 13.2 Å². The van der Waals surface area contributed by atoms with Crippen molar-refractivity contribution in [1.29, 1.82) is 0 Å². The van der Waals surface area contributed by atoms with Gasteiger partial charge in [0.05, 0.1) is 5.92 Å². The summed E-state index contributed by atoms with van der Waals surface area (Å²) in [5.74, 6) is -1.12. The Morgan fingerprint density at radius 1 is 1.30 bits per heavy atom. The van der Waals surface area contributed by atoms with Gasteiger partial charge in [0.25, 0.3) is 0 Å². The Morgan fingerprint density at radius 2 is 1.95 bits per heavy atom. The average molecular weight is 279 g/mol. The topological polar surface area (TPSA) is 49.8 Å². The van der Waals surface area contributed by atoms with E-state index in [-0.39, 0.29) is 12.0 Å². The summed E-state index contributed by atoms with van der Waals surface area (Å²) in [5, 5.41) is 9.10. The highest BCUT2D eigenvalue weighted by molar-refractivity contribution is 5.69. The van der Waals surface area contributed by atoms with Crippen molar-refractivity contribution in [3.63, 3.8) is 0 Å². The molecule has 1 aromatic carbocycles. The molecule has 0 aliphatic carbocycles. The Morgan fingerprint density at radius 3 is 2.50 bits per heavy atom. The molecule has 0 bridgehead atoms. The molecule has 1 N–H and O–H groups in total. The first kappa shape index (κ1) is 16.7. The first-order valence-corrected chi connectivity index (χ1v) is 7.07. The fourth-order valence-electron chi connectivity index (χ4n) is 2.23. The van der Waals surface area contributed by atoms with E-state index in [1.165, 1.54) is 5.56 Å². The van der Waals surface area contributed by atoms with Gasteiger partial charge < -0.3 is 9.84 Å². The lowest BCUT2D eigenvalue weighted by molar-refractivity contribution is -0.141. The van der Waals surface area contributed by atoms with Gasteiger partial charge in [0.15, 0.2) is 0 Å². The van der Waals surface area contributed by atoms with Crippen LogP contribution in [0.2, 0.25) is 0 Å². The van der Waals surface area contributed by atoms with Gasteiger partial charge in [-0.05, 0) is 18.9 Å². The molecular weight excluding hydrogens is 254 g/mol. The zero-order valence-corrected chi connectivity index (χ0v) is 12.6. The van der Waals surface area contributed by atoms with Crippen LogP contribution >= 0.6 is 0 Å². The van der Waals surface area contributed by atoms with Crippen LogP contribution in [0.1, 0.15) is 31.9 Å². The lowest BCUT2D eigenvalue weighted by atomic mass is 10.0. The molecule has 4 heteroatoms. The summed E-state index contributed by atoms with van der Waals surface area (Å²) in [6, 6.07) is 10.4. The highest BCUT2D eigenvalue weighted by Gasteiger charge is 2.21. The number of hydrogen-bond donors (Lipinski definition) is 1. The van der Waals surface area contributed by atoms with E-state index in [1.54, 1.807) is 14.0 Å². The van der Waals surface area contributed by atoms with Gasteiger partial charge in [-0.25, -0.2) is 0 Å². The van der Waals surface area contributed by atoms with Crippen molar-refractivity contribution in [2.75, 3.05) is 26.8 Å². The molecule has 0 fully saturated rings. The molecule has 0 saturated heterocycles. The molecule has 0 aromatic heterocycles. The number of aliphatic carboxylic acids is 1. The number of carboxylic acid groups (broad SMARTS) is 1. The number of carboxylic acids is 1. The fraction of sp³-hybridized carbons (Fsp3) is 0.562. The number of benzene rings is 1. The molecule has 112 valence electrons. The number of carbonyl (C=O) groups is 1. The van der Waals surface area contributed by atoms with Crippen molar-refractivity contribution in [3.8, 4) is 0 Å². The number of methoxy groups -OCH3 is 1. The molecule has 0 spiro atoms. The van der Waals surface area contributed by atoms with E-state index in [4.69, 9.17) is 9.84 Å². The SMILES string of the molecule is COCCCN(CC(C)C(=O)O)C(C)c1ccccc1. The molecule has 0 amide bonds. The van der Waals surface area contributed by atoms with Crippen molar-refractivity contribution in [2.45, 2.75) is 26.3 Å². The largest absolute Gasteiger partial charge is 0.481 e. The fourth-order valence-corrected chi connectivity index (χ4v) is 2.23. The molecular formula is C16H25NO3. The Bertz CT molecular complexity index is 394. The molecule has 2 unspecified atom stereocenters. The van der Waals surface area contributed by atoms with Crippen molar-refractivity contribution in [1.82, 2.24) is 4.90 Å². The van der Waals surface area contributed by atoms with E-state index < -0.39 is 5.97 Å². The molecule has 0 aliphatic rings. The summed E-state index contributed by atoms with van der Waals surface area (Å²) in [6.45, 7) is 5.95. The van der Waals surface area contributed by atoms with Gasteiger partial charge in [0.2, 0.25) is 0 Å². The quantitative estimate of drug-likeness (QED) is 0.706. The Hall–Kier alpha value is -1.39. The van der Waals surface area contributed by atoms with Gasteiger partial charge >= 0.3 is 5.97 Å². The normalized spacial score (nSPS) is 14.2. The second kappa shape index (κ2) is 8.72. The third-order valence-electron chi connectivity index (χ3n) is 3.55. The molecule has 2 atom stereocenters. The highest BCUT2D eigenvalue weighted by atomic mass is 16.5. The number of nitrogens with zero attached hydrogens (tertiary/aromatic N) is 1. The molecule has 4 nitrogen and oxygen atoms in total. The lowest BCUT2D eigenvalue weighted by Crippen LogP contribution is -2.35. The minimum Gasteiger partial charge on any atom is -0.481 e. The van der Waals surface area contributed by atoms with Crippen molar-refractivity contribution >= 4 is 5.97 Å². The first-order valence-electron chi connectivity index (χ1n) is 7.07. The summed E-state index contributed by atoms with van der Waals surface area (Å²) in [5.41, 5.74) is 1.21. The molecule has 0 heterocycles. The van der Waals surface area contributed by atoms with Gasteiger partial charge in [-0.2, -0.15) is 0 Å². The molecule has 0 radical (unpaired) electrons. The van der Waals surface area contributed by atoms with Gasteiger partial charge in [0.1, 0.15) is 0 Å². The van der Waals surface area contributed by atoms with Crippen molar-refractivity contribution in [3.05, 3.63) is 35.9 Å². The number of ether oxygens (including phenoxy) is 1. The van der Waals surface area contributed by atoms with Crippen molar-refractivity contribution in [2.24, 2.45) is 5.92 Å². The summed E-state index contributed by atoms with van der Waals surface area (Å²) < 4.78 is 5.09.